The summed E-state index contributed by atoms with van der Waals surface area (Å²) in [5, 5.41) is 5.14. The summed E-state index contributed by atoms with van der Waals surface area (Å²) in [4.78, 5) is 8.07. The Balaban J connectivity index is 1.52. The lowest BCUT2D eigenvalue weighted by molar-refractivity contribution is 0.455. The molecule has 0 amide bonds. The van der Waals surface area contributed by atoms with Gasteiger partial charge < -0.3 is 10.3 Å². The molecule has 1 unspecified atom stereocenters. The van der Waals surface area contributed by atoms with E-state index in [0.29, 0.717) is 6.04 Å². The largest absolute Gasteiger partial charge is 0.357 e. The van der Waals surface area contributed by atoms with Crippen molar-refractivity contribution in [1.29, 1.82) is 0 Å². The minimum atomic E-state index is 0.440. The standard InChI is InChI=1S/C20H23N3/c1-14-8-9-18-17(13-14)16-6-4-7-19(20(16)23-18)22-12-10-15-5-2-3-11-21-15/h2-3,5,8-9,11,13,19,22-23H,4,6-7,10,12H2,1H3. The van der Waals surface area contributed by atoms with Crippen LogP contribution >= 0.6 is 0 Å². The second kappa shape index (κ2) is 6.17. The van der Waals surface area contributed by atoms with Gasteiger partial charge in [0.1, 0.15) is 0 Å². The zero-order valence-electron chi connectivity index (χ0n) is 13.6. The van der Waals surface area contributed by atoms with Crippen LogP contribution in [-0.2, 0) is 12.8 Å². The molecule has 1 aliphatic carbocycles. The van der Waals surface area contributed by atoms with Crippen molar-refractivity contribution in [3.8, 4) is 0 Å². The van der Waals surface area contributed by atoms with Crippen molar-refractivity contribution < 1.29 is 0 Å². The first-order valence-electron chi connectivity index (χ1n) is 8.55. The topological polar surface area (TPSA) is 40.7 Å². The van der Waals surface area contributed by atoms with Crippen molar-refractivity contribution in [2.45, 2.75) is 38.6 Å². The second-order valence-electron chi connectivity index (χ2n) is 6.54. The molecule has 3 nitrogen and oxygen atoms in total. The smallest absolute Gasteiger partial charge is 0.0476 e. The van der Waals surface area contributed by atoms with Gasteiger partial charge in [-0.1, -0.05) is 17.7 Å². The third-order valence-electron chi connectivity index (χ3n) is 4.86. The molecule has 0 saturated heterocycles. The van der Waals surface area contributed by atoms with Crippen LogP contribution in [-0.4, -0.2) is 16.5 Å². The van der Waals surface area contributed by atoms with Crippen LogP contribution in [0, 0.1) is 6.92 Å². The first-order valence-corrected chi connectivity index (χ1v) is 8.55. The molecule has 1 aliphatic rings. The van der Waals surface area contributed by atoms with E-state index in [2.05, 4.69) is 52.5 Å². The van der Waals surface area contributed by atoms with Gasteiger partial charge in [0.15, 0.2) is 0 Å². The van der Waals surface area contributed by atoms with Gasteiger partial charge in [0.2, 0.25) is 0 Å². The summed E-state index contributed by atoms with van der Waals surface area (Å²) in [6, 6.07) is 13.3. The molecule has 3 heteroatoms. The molecule has 23 heavy (non-hydrogen) atoms. The zero-order chi connectivity index (χ0) is 15.6. The van der Waals surface area contributed by atoms with Gasteiger partial charge >= 0.3 is 0 Å². The fraction of sp³-hybridized carbons (Fsp3) is 0.350. The monoisotopic (exact) mass is 305 g/mol. The van der Waals surface area contributed by atoms with Crippen LogP contribution in [0.3, 0.4) is 0 Å². The van der Waals surface area contributed by atoms with Crippen molar-refractivity contribution in [2.24, 2.45) is 0 Å². The number of aromatic amines is 1. The highest BCUT2D eigenvalue weighted by Crippen LogP contribution is 2.35. The van der Waals surface area contributed by atoms with Crippen LogP contribution in [0.1, 0.15) is 41.4 Å². The van der Waals surface area contributed by atoms with Crippen LogP contribution in [0.15, 0.2) is 42.6 Å². The van der Waals surface area contributed by atoms with Crippen molar-refractivity contribution in [1.82, 2.24) is 15.3 Å². The molecule has 4 rings (SSSR count). The number of fused-ring (bicyclic) bond motifs is 3. The summed E-state index contributed by atoms with van der Waals surface area (Å²) in [7, 11) is 0. The molecule has 0 spiro atoms. The van der Waals surface area contributed by atoms with E-state index in [0.717, 1.165) is 18.7 Å². The van der Waals surface area contributed by atoms with Crippen molar-refractivity contribution in [3.05, 3.63) is 65.1 Å². The molecule has 2 heterocycles. The molecule has 0 fully saturated rings. The predicted octanol–water partition coefficient (Wildman–Crippen LogP) is 4.08. The van der Waals surface area contributed by atoms with E-state index in [1.807, 2.05) is 12.3 Å². The molecule has 0 aliphatic heterocycles. The number of rotatable bonds is 4. The maximum atomic E-state index is 4.40. The molecule has 1 atom stereocenters. The minimum Gasteiger partial charge on any atom is -0.357 e. The van der Waals surface area contributed by atoms with Crippen molar-refractivity contribution in [3.63, 3.8) is 0 Å². The number of pyridine rings is 1. The van der Waals surface area contributed by atoms with E-state index < -0.39 is 0 Å². The predicted molar refractivity (Wildman–Crippen MR) is 94.7 cm³/mol. The van der Waals surface area contributed by atoms with E-state index in [9.17, 15) is 0 Å². The van der Waals surface area contributed by atoms with Gasteiger partial charge in [0.25, 0.3) is 0 Å². The lowest BCUT2D eigenvalue weighted by Crippen LogP contribution is -2.27. The first-order chi connectivity index (χ1) is 11.3. The lowest BCUT2D eigenvalue weighted by Gasteiger charge is -2.24. The number of nitrogens with one attached hydrogen (secondary N) is 2. The van der Waals surface area contributed by atoms with Gasteiger partial charge in [-0.2, -0.15) is 0 Å². The summed E-state index contributed by atoms with van der Waals surface area (Å²) in [6.45, 7) is 3.14. The molecule has 0 saturated carbocycles. The van der Waals surface area contributed by atoms with Crippen molar-refractivity contribution in [2.75, 3.05) is 6.54 Å². The molecule has 3 aromatic rings. The van der Waals surface area contributed by atoms with Crippen LogP contribution in [0.5, 0.6) is 0 Å². The minimum absolute atomic E-state index is 0.440. The Morgan fingerprint density at radius 2 is 2.22 bits per heavy atom. The Bertz CT molecular complexity index is 804. The van der Waals surface area contributed by atoms with Gasteiger partial charge in [-0.25, -0.2) is 0 Å². The quantitative estimate of drug-likeness (QED) is 0.762. The Hall–Kier alpha value is -2.13. The van der Waals surface area contributed by atoms with Crippen LogP contribution in [0.2, 0.25) is 0 Å². The number of aryl methyl sites for hydroxylation is 2. The van der Waals surface area contributed by atoms with Gasteiger partial charge in [-0.3, -0.25) is 4.98 Å². The molecule has 1 aromatic carbocycles. The van der Waals surface area contributed by atoms with E-state index >= 15 is 0 Å². The number of nitrogens with zero attached hydrogens (tertiary/aromatic N) is 1. The number of hydrogen-bond acceptors (Lipinski definition) is 2. The summed E-state index contributed by atoms with van der Waals surface area (Å²) in [5.74, 6) is 0. The average molecular weight is 305 g/mol. The molecule has 2 aromatic heterocycles. The normalized spacial score (nSPS) is 17.3. The summed E-state index contributed by atoms with van der Waals surface area (Å²) < 4.78 is 0. The second-order valence-corrected chi connectivity index (χ2v) is 6.54. The van der Waals surface area contributed by atoms with Crippen LogP contribution in [0.4, 0.5) is 0 Å². The average Bonchev–Trinajstić information content (AvgIpc) is 2.95. The number of benzene rings is 1. The van der Waals surface area contributed by atoms with Gasteiger partial charge in [-0.05, 0) is 56.0 Å². The van der Waals surface area contributed by atoms with Crippen LogP contribution < -0.4 is 5.32 Å². The molecule has 118 valence electrons. The van der Waals surface area contributed by atoms with E-state index in [4.69, 9.17) is 0 Å². The van der Waals surface area contributed by atoms with Gasteiger partial charge in [-0.15, -0.1) is 0 Å². The van der Waals surface area contributed by atoms with E-state index in [1.54, 1.807) is 0 Å². The summed E-state index contributed by atoms with van der Waals surface area (Å²) >= 11 is 0. The number of H-pyrrole nitrogens is 1. The Kier molecular flexibility index (Phi) is 3.88. The zero-order valence-corrected chi connectivity index (χ0v) is 13.6. The molecular weight excluding hydrogens is 282 g/mol. The Morgan fingerprint density at radius 1 is 1.26 bits per heavy atom. The van der Waals surface area contributed by atoms with Gasteiger partial charge in [0, 0.05) is 47.5 Å². The lowest BCUT2D eigenvalue weighted by atomic mass is 9.91. The summed E-state index contributed by atoms with van der Waals surface area (Å²) in [6.07, 6.45) is 6.51. The fourth-order valence-electron chi connectivity index (χ4n) is 3.70. The highest BCUT2D eigenvalue weighted by Gasteiger charge is 2.23. The molecule has 0 bridgehead atoms. The van der Waals surface area contributed by atoms with Gasteiger partial charge in [0.05, 0.1) is 0 Å². The maximum Gasteiger partial charge on any atom is 0.0476 e. The maximum absolute atomic E-state index is 4.40. The van der Waals surface area contributed by atoms with Crippen LogP contribution in [0.25, 0.3) is 10.9 Å². The van der Waals surface area contributed by atoms with E-state index in [-0.39, 0.29) is 0 Å². The SMILES string of the molecule is Cc1ccc2[nH]c3c(c2c1)CCCC3NCCc1ccccn1. The third-order valence-corrected chi connectivity index (χ3v) is 4.86. The van der Waals surface area contributed by atoms with E-state index in [1.165, 1.54) is 47.0 Å². The molecule has 2 N–H and O–H groups in total. The Labute approximate surface area is 137 Å². The molecule has 0 radical (unpaired) electrons. The highest BCUT2D eigenvalue weighted by molar-refractivity contribution is 5.85. The molecular formula is C20H23N3. The number of aromatic nitrogens is 2. The Morgan fingerprint density at radius 3 is 3.09 bits per heavy atom. The number of hydrogen-bond donors (Lipinski definition) is 2. The third kappa shape index (κ3) is 2.89. The first kappa shape index (κ1) is 14.5. The highest BCUT2D eigenvalue weighted by atomic mass is 14.9. The fourth-order valence-corrected chi connectivity index (χ4v) is 3.70. The van der Waals surface area contributed by atoms with Crippen molar-refractivity contribution >= 4 is 10.9 Å². The summed E-state index contributed by atoms with van der Waals surface area (Å²) in [5.41, 5.74) is 6.69.